The van der Waals surface area contributed by atoms with Gasteiger partial charge < -0.3 is 20.8 Å². The van der Waals surface area contributed by atoms with Gasteiger partial charge in [0, 0.05) is 0 Å². The number of urea groups is 1. The topological polar surface area (TPSA) is 98.7 Å². The number of carbonyl (C=O) groups excluding carboxylic acids is 1. The van der Waals surface area contributed by atoms with Crippen LogP contribution >= 0.6 is 11.8 Å². The molecule has 0 spiro atoms. The summed E-state index contributed by atoms with van der Waals surface area (Å²) in [7, 11) is 0. The molecule has 20 heavy (non-hydrogen) atoms. The molecule has 1 aliphatic rings. The first-order valence-electron chi connectivity index (χ1n) is 7.01. The number of carboxylic acids is 1. The van der Waals surface area contributed by atoms with Gasteiger partial charge in [-0.1, -0.05) is 19.3 Å². The van der Waals surface area contributed by atoms with Crippen molar-refractivity contribution in [2.45, 2.75) is 56.7 Å². The fraction of sp³-hybridized carbons (Fsp3) is 0.846. The lowest BCUT2D eigenvalue weighted by molar-refractivity contribution is -0.139. The molecule has 1 aliphatic carbocycles. The molecule has 0 radical (unpaired) electrons. The predicted octanol–water partition coefficient (Wildman–Crippen LogP) is 1.19. The van der Waals surface area contributed by atoms with E-state index in [2.05, 4.69) is 10.6 Å². The molecule has 6 nitrogen and oxygen atoms in total. The highest BCUT2D eigenvalue weighted by atomic mass is 32.2. The van der Waals surface area contributed by atoms with E-state index in [4.69, 9.17) is 5.11 Å². The van der Waals surface area contributed by atoms with Gasteiger partial charge in [-0.15, -0.1) is 0 Å². The molecule has 0 aromatic rings. The fourth-order valence-corrected chi connectivity index (χ4v) is 2.79. The predicted molar refractivity (Wildman–Crippen MR) is 79.0 cm³/mol. The number of thioether (sulfide) groups is 1. The Morgan fingerprint density at radius 1 is 1.30 bits per heavy atom. The first kappa shape index (κ1) is 17.1. The lowest BCUT2D eigenvalue weighted by Crippen LogP contribution is -2.51. The van der Waals surface area contributed by atoms with Gasteiger partial charge in [-0.2, -0.15) is 11.8 Å². The van der Waals surface area contributed by atoms with Crippen LogP contribution in [0.4, 0.5) is 4.79 Å². The molecule has 116 valence electrons. The van der Waals surface area contributed by atoms with Crippen molar-refractivity contribution in [2.75, 3.05) is 12.0 Å². The van der Waals surface area contributed by atoms with E-state index in [-0.39, 0.29) is 6.04 Å². The zero-order valence-corrected chi connectivity index (χ0v) is 12.6. The summed E-state index contributed by atoms with van der Waals surface area (Å²) < 4.78 is 0. The summed E-state index contributed by atoms with van der Waals surface area (Å²) in [5, 5.41) is 24.1. The maximum Gasteiger partial charge on any atom is 0.326 e. The van der Waals surface area contributed by atoms with Crippen LogP contribution in [-0.2, 0) is 4.79 Å². The van der Waals surface area contributed by atoms with Gasteiger partial charge in [-0.05, 0) is 31.3 Å². The fourth-order valence-electron chi connectivity index (χ4n) is 2.32. The van der Waals surface area contributed by atoms with Crippen LogP contribution < -0.4 is 10.6 Å². The van der Waals surface area contributed by atoms with Crippen LogP contribution in [0.1, 0.15) is 38.5 Å². The molecule has 0 heterocycles. The van der Waals surface area contributed by atoms with Crippen molar-refractivity contribution in [2.24, 2.45) is 0 Å². The smallest absolute Gasteiger partial charge is 0.326 e. The second-order valence-electron chi connectivity index (χ2n) is 5.10. The molecule has 4 N–H and O–H groups in total. The average Bonchev–Trinajstić information content (AvgIpc) is 2.59. The van der Waals surface area contributed by atoms with Crippen molar-refractivity contribution in [1.82, 2.24) is 10.6 Å². The maximum absolute atomic E-state index is 11.8. The summed E-state index contributed by atoms with van der Waals surface area (Å²) in [6.07, 6.45) is 6.14. The van der Waals surface area contributed by atoms with Crippen molar-refractivity contribution in [1.29, 1.82) is 0 Å². The van der Waals surface area contributed by atoms with Gasteiger partial charge in [0.15, 0.2) is 0 Å². The van der Waals surface area contributed by atoms with Crippen molar-refractivity contribution in [3.63, 3.8) is 0 Å². The lowest BCUT2D eigenvalue weighted by atomic mass is 10.1. The van der Waals surface area contributed by atoms with Crippen molar-refractivity contribution >= 4 is 23.8 Å². The molecule has 1 saturated carbocycles. The number of aliphatic hydroxyl groups excluding tert-OH is 1. The van der Waals surface area contributed by atoms with E-state index in [1.54, 1.807) is 0 Å². The number of hydrogen-bond acceptors (Lipinski definition) is 4. The number of carboxylic acid groups (broad SMARTS) is 1. The Morgan fingerprint density at radius 3 is 2.65 bits per heavy atom. The van der Waals surface area contributed by atoms with Crippen LogP contribution in [0.2, 0.25) is 0 Å². The van der Waals surface area contributed by atoms with E-state index >= 15 is 0 Å². The minimum atomic E-state index is -1.03. The van der Waals surface area contributed by atoms with Crippen LogP contribution in [0.5, 0.6) is 0 Å². The van der Waals surface area contributed by atoms with Crippen LogP contribution in [0, 0.1) is 0 Å². The molecule has 7 heteroatoms. The van der Waals surface area contributed by atoms with Crippen LogP contribution in [-0.4, -0.2) is 52.4 Å². The number of aliphatic carboxylic acids is 1. The van der Waals surface area contributed by atoms with E-state index in [1.165, 1.54) is 11.8 Å². The molecular formula is C13H24N2O4S. The van der Waals surface area contributed by atoms with E-state index in [1.807, 2.05) is 6.26 Å². The summed E-state index contributed by atoms with van der Waals surface area (Å²) in [5.74, 6) is -0.362. The number of aliphatic hydroxyl groups is 1. The Bertz CT molecular complexity index is 327. The number of nitrogens with one attached hydrogen (secondary N) is 2. The normalized spacial score (nSPS) is 24.5. The Balaban J connectivity index is 2.45. The van der Waals surface area contributed by atoms with E-state index in [9.17, 15) is 14.7 Å². The van der Waals surface area contributed by atoms with Crippen molar-refractivity contribution in [3.05, 3.63) is 0 Å². The first-order chi connectivity index (χ1) is 9.54. The Labute approximate surface area is 123 Å². The monoisotopic (exact) mass is 304 g/mol. The van der Waals surface area contributed by atoms with Gasteiger partial charge >= 0.3 is 12.0 Å². The molecule has 1 fully saturated rings. The molecule has 2 amide bonds. The SMILES string of the molecule is CSCC[C@@H](NC(=O)NC1CCCCCC1O)C(=O)O. The molecule has 2 unspecified atom stereocenters. The second-order valence-corrected chi connectivity index (χ2v) is 6.09. The summed E-state index contributed by atoms with van der Waals surface area (Å²) in [6.45, 7) is 0. The Kier molecular flexibility index (Phi) is 7.76. The zero-order valence-electron chi connectivity index (χ0n) is 11.8. The first-order valence-corrected chi connectivity index (χ1v) is 8.40. The molecule has 0 bridgehead atoms. The van der Waals surface area contributed by atoms with Gasteiger partial charge in [0.2, 0.25) is 0 Å². The summed E-state index contributed by atoms with van der Waals surface area (Å²) in [5.41, 5.74) is 0. The molecule has 0 aromatic carbocycles. The van der Waals surface area contributed by atoms with E-state index in [0.717, 1.165) is 25.7 Å². The second kappa shape index (κ2) is 9.07. The van der Waals surface area contributed by atoms with Gasteiger partial charge in [0.25, 0.3) is 0 Å². The van der Waals surface area contributed by atoms with Crippen molar-refractivity contribution in [3.8, 4) is 0 Å². The van der Waals surface area contributed by atoms with Crippen molar-refractivity contribution < 1.29 is 19.8 Å². The largest absolute Gasteiger partial charge is 0.480 e. The summed E-state index contributed by atoms with van der Waals surface area (Å²) in [4.78, 5) is 22.9. The van der Waals surface area contributed by atoms with Gasteiger partial charge in [0.05, 0.1) is 12.1 Å². The highest BCUT2D eigenvalue weighted by Gasteiger charge is 2.25. The molecule has 3 atom stereocenters. The highest BCUT2D eigenvalue weighted by Crippen LogP contribution is 2.17. The molecule has 0 aliphatic heterocycles. The van der Waals surface area contributed by atoms with Crippen LogP contribution in [0.25, 0.3) is 0 Å². The quantitative estimate of drug-likeness (QED) is 0.552. The summed E-state index contributed by atoms with van der Waals surface area (Å²) in [6, 6.07) is -1.68. The highest BCUT2D eigenvalue weighted by molar-refractivity contribution is 7.98. The molecule has 0 saturated heterocycles. The van der Waals surface area contributed by atoms with Gasteiger partial charge in [-0.3, -0.25) is 0 Å². The number of rotatable bonds is 6. The Morgan fingerprint density at radius 2 is 2.00 bits per heavy atom. The van der Waals surface area contributed by atoms with Crippen LogP contribution in [0.3, 0.4) is 0 Å². The zero-order chi connectivity index (χ0) is 15.0. The molecule has 1 rings (SSSR count). The summed E-state index contributed by atoms with van der Waals surface area (Å²) >= 11 is 1.54. The third-order valence-corrected chi connectivity index (χ3v) is 4.15. The number of amides is 2. The van der Waals surface area contributed by atoms with Gasteiger partial charge in [0.1, 0.15) is 6.04 Å². The number of carbonyl (C=O) groups is 2. The minimum Gasteiger partial charge on any atom is -0.480 e. The maximum atomic E-state index is 11.8. The standard InChI is InChI=1S/C13H24N2O4S/c1-20-8-7-10(12(17)18)15-13(19)14-9-5-3-2-4-6-11(9)16/h9-11,16H,2-8H2,1H3,(H,17,18)(H2,14,15,19)/t9?,10-,11?/m1/s1. The lowest BCUT2D eigenvalue weighted by Gasteiger charge is -2.23. The van der Waals surface area contributed by atoms with Gasteiger partial charge in [-0.25, -0.2) is 9.59 Å². The number of hydrogen-bond donors (Lipinski definition) is 4. The van der Waals surface area contributed by atoms with Crippen LogP contribution in [0.15, 0.2) is 0 Å². The average molecular weight is 304 g/mol. The Hall–Kier alpha value is -0.950. The molecular weight excluding hydrogens is 280 g/mol. The third-order valence-electron chi connectivity index (χ3n) is 3.51. The van der Waals surface area contributed by atoms with E-state index in [0.29, 0.717) is 18.6 Å². The molecule has 0 aromatic heterocycles. The third kappa shape index (κ3) is 6.00. The van der Waals surface area contributed by atoms with E-state index < -0.39 is 24.1 Å². The minimum absolute atomic E-state index is 0.285.